The van der Waals surface area contributed by atoms with E-state index in [1.807, 2.05) is 12.1 Å². The van der Waals surface area contributed by atoms with Crippen LogP contribution in [0.15, 0.2) is 71.4 Å². The van der Waals surface area contributed by atoms with Gasteiger partial charge < -0.3 is 19.4 Å². The number of halogens is 1. The summed E-state index contributed by atoms with van der Waals surface area (Å²) in [7, 11) is 1.54. The molecular formula is C30H30FN3O4. The zero-order valence-corrected chi connectivity index (χ0v) is 21.2. The van der Waals surface area contributed by atoms with E-state index in [2.05, 4.69) is 16.3 Å². The van der Waals surface area contributed by atoms with Crippen molar-refractivity contribution in [3.05, 3.63) is 95.2 Å². The van der Waals surface area contributed by atoms with Crippen molar-refractivity contribution in [2.75, 3.05) is 26.7 Å². The van der Waals surface area contributed by atoms with E-state index in [1.165, 1.54) is 25.3 Å². The van der Waals surface area contributed by atoms with Crippen LogP contribution in [0.3, 0.4) is 0 Å². The van der Waals surface area contributed by atoms with E-state index in [9.17, 15) is 19.2 Å². The third-order valence-corrected chi connectivity index (χ3v) is 6.71. The summed E-state index contributed by atoms with van der Waals surface area (Å²) in [5.41, 5.74) is 1.65. The van der Waals surface area contributed by atoms with Crippen molar-refractivity contribution in [1.29, 1.82) is 5.26 Å². The van der Waals surface area contributed by atoms with E-state index in [0.29, 0.717) is 48.2 Å². The molecule has 4 rings (SSSR count). The van der Waals surface area contributed by atoms with Gasteiger partial charge in [0.1, 0.15) is 17.3 Å². The number of Topliss-reactive ketones (excluding diaryl/α,β-unsaturated/α-hetero) is 1. The van der Waals surface area contributed by atoms with Crippen molar-refractivity contribution in [2.45, 2.75) is 25.3 Å². The molecule has 0 bridgehead atoms. The number of carbonyl (C=O) groups excluding carboxylic acids is 2. The van der Waals surface area contributed by atoms with E-state index >= 15 is 0 Å². The molecule has 0 spiro atoms. The molecule has 0 aliphatic carbocycles. The number of amides is 1. The number of ketones is 1. The number of hydrogen-bond acceptors (Lipinski definition) is 6. The van der Waals surface area contributed by atoms with E-state index in [0.717, 1.165) is 18.8 Å². The zero-order chi connectivity index (χ0) is 26.9. The summed E-state index contributed by atoms with van der Waals surface area (Å²) in [4.78, 5) is 27.9. The highest BCUT2D eigenvalue weighted by atomic mass is 19.1. The first-order chi connectivity index (χ1) is 18.4. The third kappa shape index (κ3) is 7.17. The summed E-state index contributed by atoms with van der Waals surface area (Å²) in [6.07, 6.45) is 6.59. The van der Waals surface area contributed by atoms with Gasteiger partial charge in [-0.2, -0.15) is 5.26 Å². The third-order valence-electron chi connectivity index (χ3n) is 6.71. The lowest BCUT2D eigenvalue weighted by atomic mass is 9.88. The molecule has 196 valence electrons. The molecule has 8 heteroatoms. The molecule has 2 aromatic carbocycles. The van der Waals surface area contributed by atoms with Crippen LogP contribution in [0.5, 0.6) is 5.75 Å². The van der Waals surface area contributed by atoms with Gasteiger partial charge in [0.2, 0.25) is 5.91 Å². The molecule has 1 N–H and O–H groups in total. The van der Waals surface area contributed by atoms with E-state index in [1.54, 1.807) is 42.7 Å². The van der Waals surface area contributed by atoms with Gasteiger partial charge in [-0.05, 0) is 86.6 Å². The van der Waals surface area contributed by atoms with Crippen molar-refractivity contribution in [3.63, 3.8) is 0 Å². The standard InChI is InChI=1S/C30H30FN3O4/c1-37-28-10-4-21(19-32)17-24(28)7-11-29(35)33-26(18-27-3-2-16-38-27)20-34-14-12-23(13-15-34)30(36)22-5-8-25(31)9-6-22/h2-11,16-17,23,26H,12-15,18,20H2,1H3,(H,33,35)/b11-7+/t26-/m1/s1. The van der Waals surface area contributed by atoms with Crippen molar-refractivity contribution in [2.24, 2.45) is 5.92 Å². The highest BCUT2D eigenvalue weighted by molar-refractivity contribution is 5.97. The molecule has 0 unspecified atom stereocenters. The minimum atomic E-state index is -0.356. The average molecular weight is 516 g/mol. The summed E-state index contributed by atoms with van der Waals surface area (Å²) in [5.74, 6) is 0.656. The number of ether oxygens (including phenoxy) is 1. The maximum absolute atomic E-state index is 13.2. The normalized spacial score (nSPS) is 15.2. The number of nitrogens with zero attached hydrogens (tertiary/aromatic N) is 2. The van der Waals surface area contributed by atoms with Gasteiger partial charge in [0, 0.05) is 42.1 Å². The summed E-state index contributed by atoms with van der Waals surface area (Å²) >= 11 is 0. The molecular weight excluding hydrogens is 485 g/mol. The highest BCUT2D eigenvalue weighted by Gasteiger charge is 2.27. The molecule has 2 heterocycles. The summed E-state index contributed by atoms with van der Waals surface area (Å²) in [6, 6.07) is 16.3. The molecule has 38 heavy (non-hydrogen) atoms. The van der Waals surface area contributed by atoms with Crippen molar-refractivity contribution in [1.82, 2.24) is 10.2 Å². The lowest BCUT2D eigenvalue weighted by Crippen LogP contribution is -2.47. The summed E-state index contributed by atoms with van der Waals surface area (Å²) in [5, 5.41) is 12.2. The number of furan rings is 1. The second-order valence-corrected chi connectivity index (χ2v) is 9.34. The fourth-order valence-corrected chi connectivity index (χ4v) is 4.72. The van der Waals surface area contributed by atoms with Crippen LogP contribution in [0, 0.1) is 23.1 Å². The highest BCUT2D eigenvalue weighted by Crippen LogP contribution is 2.23. The number of hydrogen-bond donors (Lipinski definition) is 1. The molecule has 0 saturated carbocycles. The monoisotopic (exact) mass is 515 g/mol. The molecule has 1 aromatic heterocycles. The van der Waals surface area contributed by atoms with Gasteiger partial charge in [-0.25, -0.2) is 4.39 Å². The maximum atomic E-state index is 13.2. The van der Waals surface area contributed by atoms with Gasteiger partial charge in [-0.3, -0.25) is 9.59 Å². The van der Waals surface area contributed by atoms with Crippen LogP contribution in [0.2, 0.25) is 0 Å². The Morgan fingerprint density at radius 1 is 1.21 bits per heavy atom. The largest absolute Gasteiger partial charge is 0.496 e. The number of benzene rings is 2. The van der Waals surface area contributed by atoms with Crippen LogP contribution in [0.25, 0.3) is 6.08 Å². The number of carbonyl (C=O) groups is 2. The van der Waals surface area contributed by atoms with Crippen LogP contribution in [0.1, 0.15) is 40.1 Å². The van der Waals surface area contributed by atoms with Crippen molar-refractivity contribution in [3.8, 4) is 11.8 Å². The molecule has 1 aliphatic rings. The van der Waals surface area contributed by atoms with Crippen molar-refractivity contribution >= 4 is 17.8 Å². The summed E-state index contributed by atoms with van der Waals surface area (Å²) < 4.78 is 24.1. The minimum absolute atomic E-state index is 0.0473. The van der Waals surface area contributed by atoms with Crippen LogP contribution >= 0.6 is 0 Å². The Balaban J connectivity index is 1.37. The van der Waals surface area contributed by atoms with E-state index < -0.39 is 0 Å². The average Bonchev–Trinajstić information content (AvgIpc) is 3.45. The Morgan fingerprint density at radius 3 is 2.63 bits per heavy atom. The number of likely N-dealkylation sites (tertiary alicyclic amines) is 1. The van der Waals surface area contributed by atoms with Crippen LogP contribution < -0.4 is 10.1 Å². The van der Waals surface area contributed by atoms with E-state index in [4.69, 9.17) is 9.15 Å². The molecule has 1 fully saturated rings. The molecule has 7 nitrogen and oxygen atoms in total. The predicted octanol–water partition coefficient (Wildman–Crippen LogP) is 4.63. The summed E-state index contributed by atoms with van der Waals surface area (Å²) in [6.45, 7) is 2.04. The van der Waals surface area contributed by atoms with Crippen molar-refractivity contribution < 1.29 is 23.1 Å². The fourth-order valence-electron chi connectivity index (χ4n) is 4.72. The molecule has 1 aliphatic heterocycles. The Hall–Kier alpha value is -4.22. The fraction of sp³-hybridized carbons (Fsp3) is 0.300. The number of nitriles is 1. The van der Waals surface area contributed by atoms with Gasteiger partial charge in [0.25, 0.3) is 0 Å². The number of rotatable bonds is 10. The molecule has 1 saturated heterocycles. The lowest BCUT2D eigenvalue weighted by molar-refractivity contribution is -0.117. The first-order valence-electron chi connectivity index (χ1n) is 12.6. The molecule has 1 amide bonds. The second-order valence-electron chi connectivity index (χ2n) is 9.34. The Labute approximate surface area is 221 Å². The minimum Gasteiger partial charge on any atom is -0.496 e. The number of piperidine rings is 1. The number of nitrogens with one attached hydrogen (secondary N) is 1. The maximum Gasteiger partial charge on any atom is 0.244 e. The molecule has 0 radical (unpaired) electrons. The zero-order valence-electron chi connectivity index (χ0n) is 21.2. The SMILES string of the molecule is COc1ccc(C#N)cc1/C=C/C(=O)N[C@H](Cc1ccco1)CN1CCC(C(=O)c2ccc(F)cc2)CC1. The Bertz CT molecular complexity index is 1300. The molecule has 1 atom stereocenters. The first kappa shape index (κ1) is 26.8. The second kappa shape index (κ2) is 12.8. The smallest absolute Gasteiger partial charge is 0.244 e. The molecule has 3 aromatic rings. The van der Waals surface area contributed by atoms with Gasteiger partial charge in [0.15, 0.2) is 5.78 Å². The Kier molecular flexibility index (Phi) is 9.07. The Morgan fingerprint density at radius 2 is 1.97 bits per heavy atom. The predicted molar refractivity (Wildman–Crippen MR) is 141 cm³/mol. The topological polar surface area (TPSA) is 95.6 Å². The van der Waals surface area contributed by atoms with Gasteiger partial charge >= 0.3 is 0 Å². The quantitative estimate of drug-likeness (QED) is 0.312. The number of methoxy groups -OCH3 is 1. The van der Waals surface area contributed by atoms with Crippen LogP contribution in [-0.2, 0) is 11.2 Å². The van der Waals surface area contributed by atoms with Gasteiger partial charge in [-0.1, -0.05) is 0 Å². The van der Waals surface area contributed by atoms with Crippen LogP contribution in [0.4, 0.5) is 4.39 Å². The van der Waals surface area contributed by atoms with Gasteiger partial charge in [-0.15, -0.1) is 0 Å². The lowest BCUT2D eigenvalue weighted by Gasteiger charge is -2.33. The van der Waals surface area contributed by atoms with Crippen LogP contribution in [-0.4, -0.2) is 49.4 Å². The first-order valence-corrected chi connectivity index (χ1v) is 12.6. The van der Waals surface area contributed by atoms with Gasteiger partial charge in [0.05, 0.1) is 25.0 Å². The van der Waals surface area contributed by atoms with E-state index in [-0.39, 0.29) is 29.5 Å².